The smallest absolute Gasteiger partial charge is 0.357 e. The van der Waals surface area contributed by atoms with Crippen molar-refractivity contribution in [2.45, 2.75) is 6.92 Å². The number of methoxy groups -OCH3 is 1. The van der Waals surface area contributed by atoms with Gasteiger partial charge in [0.25, 0.3) is 0 Å². The van der Waals surface area contributed by atoms with E-state index >= 15 is 0 Å². The van der Waals surface area contributed by atoms with Crippen LogP contribution >= 0.6 is 0 Å². The van der Waals surface area contributed by atoms with Gasteiger partial charge >= 0.3 is 5.97 Å². The number of nitrogens with zero attached hydrogens (tertiary/aromatic N) is 4. The average Bonchev–Trinajstić information content (AvgIpc) is 2.71. The predicted molar refractivity (Wildman–Crippen MR) is 60.3 cm³/mol. The molecule has 0 bridgehead atoms. The lowest BCUT2D eigenvalue weighted by Crippen LogP contribution is -2.10. The molecule has 0 saturated carbocycles. The van der Waals surface area contributed by atoms with Crippen LogP contribution in [0.3, 0.4) is 0 Å². The van der Waals surface area contributed by atoms with Gasteiger partial charge in [-0.2, -0.15) is 15.3 Å². The van der Waals surface area contributed by atoms with E-state index in [0.717, 1.165) is 5.56 Å². The molecule has 0 radical (unpaired) electrons. The molecule has 17 heavy (non-hydrogen) atoms. The number of rotatable bonds is 2. The molecule has 0 amide bonds. The number of esters is 1. The Morgan fingerprint density at radius 1 is 1.47 bits per heavy atom. The second kappa shape index (κ2) is 4.32. The highest BCUT2D eigenvalue weighted by Crippen LogP contribution is 2.23. The summed E-state index contributed by atoms with van der Waals surface area (Å²) in [6, 6.07) is 1.83. The van der Waals surface area contributed by atoms with Crippen molar-refractivity contribution in [3.8, 4) is 11.3 Å². The van der Waals surface area contributed by atoms with E-state index in [4.69, 9.17) is 4.74 Å². The van der Waals surface area contributed by atoms with E-state index < -0.39 is 5.97 Å². The molecule has 0 unspecified atom stereocenters. The molecule has 2 heterocycles. The molecule has 88 valence electrons. The van der Waals surface area contributed by atoms with Crippen LogP contribution in [0, 0.1) is 6.92 Å². The minimum atomic E-state index is -0.440. The van der Waals surface area contributed by atoms with Gasteiger partial charge in [0.2, 0.25) is 0 Å². The van der Waals surface area contributed by atoms with Crippen molar-refractivity contribution in [2.75, 3.05) is 7.11 Å². The van der Waals surface area contributed by atoms with Crippen LogP contribution in [0.25, 0.3) is 11.3 Å². The summed E-state index contributed by atoms with van der Waals surface area (Å²) in [5, 5.41) is 11.9. The third-order valence-electron chi connectivity index (χ3n) is 2.50. The maximum absolute atomic E-state index is 11.7. The lowest BCUT2D eigenvalue weighted by atomic mass is 10.1. The van der Waals surface area contributed by atoms with E-state index in [9.17, 15) is 4.79 Å². The summed E-state index contributed by atoms with van der Waals surface area (Å²) in [6.07, 6.45) is 3.19. The fraction of sp³-hybridized carbons (Fsp3) is 0.273. The molecular formula is C11H12N4O2. The van der Waals surface area contributed by atoms with Gasteiger partial charge in [-0.05, 0) is 18.6 Å². The third-order valence-corrected chi connectivity index (χ3v) is 2.50. The van der Waals surface area contributed by atoms with E-state index in [-0.39, 0.29) is 0 Å². The lowest BCUT2D eigenvalue weighted by Gasteiger charge is -2.04. The Balaban J connectivity index is 2.61. The fourth-order valence-electron chi connectivity index (χ4n) is 1.61. The first-order valence-corrected chi connectivity index (χ1v) is 5.04. The fourth-order valence-corrected chi connectivity index (χ4v) is 1.61. The van der Waals surface area contributed by atoms with Crippen LogP contribution in [0.15, 0.2) is 18.5 Å². The van der Waals surface area contributed by atoms with Crippen molar-refractivity contribution >= 4 is 5.97 Å². The van der Waals surface area contributed by atoms with Crippen molar-refractivity contribution < 1.29 is 9.53 Å². The first-order valence-electron chi connectivity index (χ1n) is 5.04. The quantitative estimate of drug-likeness (QED) is 0.721. The molecule has 0 N–H and O–H groups in total. The normalized spacial score (nSPS) is 10.3. The molecule has 2 rings (SSSR count). The maximum atomic E-state index is 11.7. The van der Waals surface area contributed by atoms with Crippen molar-refractivity contribution in [3.05, 3.63) is 29.7 Å². The van der Waals surface area contributed by atoms with Gasteiger partial charge in [0.1, 0.15) is 0 Å². The monoisotopic (exact) mass is 232 g/mol. The van der Waals surface area contributed by atoms with Crippen molar-refractivity contribution in [1.29, 1.82) is 0 Å². The highest BCUT2D eigenvalue weighted by Gasteiger charge is 2.20. The van der Waals surface area contributed by atoms with Crippen LogP contribution in [-0.2, 0) is 11.8 Å². The molecule has 0 aromatic carbocycles. The second-order valence-corrected chi connectivity index (χ2v) is 3.58. The van der Waals surface area contributed by atoms with Crippen molar-refractivity contribution in [1.82, 2.24) is 20.0 Å². The van der Waals surface area contributed by atoms with Crippen LogP contribution in [0.1, 0.15) is 16.1 Å². The number of carbonyl (C=O) groups excluding carboxylic acids is 1. The zero-order valence-electron chi connectivity index (χ0n) is 9.84. The van der Waals surface area contributed by atoms with Crippen molar-refractivity contribution in [2.24, 2.45) is 7.05 Å². The highest BCUT2D eigenvalue weighted by molar-refractivity contribution is 5.95. The lowest BCUT2D eigenvalue weighted by molar-refractivity contribution is 0.0589. The molecule has 6 heteroatoms. The van der Waals surface area contributed by atoms with Gasteiger partial charge in [0, 0.05) is 13.2 Å². The zero-order chi connectivity index (χ0) is 12.4. The number of ether oxygens (including phenoxy) is 1. The molecule has 6 nitrogen and oxygen atoms in total. The topological polar surface area (TPSA) is 69.9 Å². The molecule has 0 spiro atoms. The number of aromatic nitrogens is 4. The average molecular weight is 232 g/mol. The minimum Gasteiger partial charge on any atom is -0.464 e. The van der Waals surface area contributed by atoms with Crippen LogP contribution in [0.2, 0.25) is 0 Å². The van der Waals surface area contributed by atoms with E-state index in [2.05, 4.69) is 15.3 Å². The summed E-state index contributed by atoms with van der Waals surface area (Å²) < 4.78 is 6.20. The Morgan fingerprint density at radius 3 is 2.88 bits per heavy atom. The Hall–Kier alpha value is -2.24. The summed E-state index contributed by atoms with van der Waals surface area (Å²) in [7, 11) is 3.02. The van der Waals surface area contributed by atoms with Crippen LogP contribution in [0.4, 0.5) is 0 Å². The van der Waals surface area contributed by atoms with E-state index in [1.807, 2.05) is 13.0 Å². The first kappa shape index (κ1) is 11.3. The third kappa shape index (κ3) is 1.89. The van der Waals surface area contributed by atoms with E-state index in [1.165, 1.54) is 11.8 Å². The summed E-state index contributed by atoms with van der Waals surface area (Å²) in [4.78, 5) is 11.7. The predicted octanol–water partition coefficient (Wildman–Crippen LogP) is 0.972. The van der Waals surface area contributed by atoms with Crippen LogP contribution < -0.4 is 0 Å². The minimum absolute atomic E-state index is 0.371. The summed E-state index contributed by atoms with van der Waals surface area (Å²) >= 11 is 0. The molecule has 0 aliphatic heterocycles. The van der Waals surface area contributed by atoms with Gasteiger partial charge < -0.3 is 4.74 Å². The van der Waals surface area contributed by atoms with Gasteiger partial charge in [-0.25, -0.2) is 4.79 Å². The molecule has 2 aromatic rings. The SMILES string of the molecule is COC(=O)c1c(-c2nnccc2C)cnn1C. The molecule has 2 aromatic heterocycles. The molecule has 0 aliphatic rings. The zero-order valence-corrected chi connectivity index (χ0v) is 9.84. The summed E-state index contributed by atoms with van der Waals surface area (Å²) in [5.74, 6) is -0.440. The van der Waals surface area contributed by atoms with Crippen LogP contribution in [0.5, 0.6) is 0 Å². The molecule has 0 saturated heterocycles. The Labute approximate surface area is 98.2 Å². The largest absolute Gasteiger partial charge is 0.464 e. The molecule has 0 aliphatic carbocycles. The van der Waals surface area contributed by atoms with Crippen LogP contribution in [-0.4, -0.2) is 33.1 Å². The standard InChI is InChI=1S/C11H12N4O2/c1-7-4-5-12-14-9(7)8-6-13-15(2)10(8)11(16)17-3/h4-6H,1-3H3. The van der Waals surface area contributed by atoms with E-state index in [1.54, 1.807) is 19.4 Å². The second-order valence-electron chi connectivity index (χ2n) is 3.58. The summed E-state index contributed by atoms with van der Waals surface area (Å²) in [5.41, 5.74) is 2.57. The molecule has 0 atom stereocenters. The van der Waals surface area contributed by atoms with Gasteiger partial charge in [-0.3, -0.25) is 4.68 Å². The Bertz CT molecular complexity index is 562. The number of hydrogen-bond donors (Lipinski definition) is 0. The highest BCUT2D eigenvalue weighted by atomic mass is 16.5. The van der Waals surface area contributed by atoms with Crippen molar-refractivity contribution in [3.63, 3.8) is 0 Å². The Morgan fingerprint density at radius 2 is 2.24 bits per heavy atom. The maximum Gasteiger partial charge on any atom is 0.357 e. The van der Waals surface area contributed by atoms with Gasteiger partial charge in [-0.15, -0.1) is 0 Å². The molecular weight excluding hydrogens is 220 g/mol. The summed E-state index contributed by atoms with van der Waals surface area (Å²) in [6.45, 7) is 1.90. The molecule has 0 fully saturated rings. The number of aryl methyl sites for hydroxylation is 2. The van der Waals surface area contributed by atoms with Gasteiger partial charge in [0.05, 0.1) is 24.6 Å². The Kier molecular flexibility index (Phi) is 2.86. The van der Waals surface area contributed by atoms with E-state index in [0.29, 0.717) is 17.0 Å². The van der Waals surface area contributed by atoms with Gasteiger partial charge in [0.15, 0.2) is 5.69 Å². The number of hydrogen-bond acceptors (Lipinski definition) is 5. The first-order chi connectivity index (χ1) is 8.15. The number of carbonyl (C=O) groups is 1. The van der Waals surface area contributed by atoms with Gasteiger partial charge in [-0.1, -0.05) is 0 Å².